The summed E-state index contributed by atoms with van der Waals surface area (Å²) < 4.78 is 15.5. The quantitative estimate of drug-likeness (QED) is 0.904. The van der Waals surface area contributed by atoms with Gasteiger partial charge < -0.3 is 0 Å². The van der Waals surface area contributed by atoms with Gasteiger partial charge in [-0.1, -0.05) is 42.5 Å². The van der Waals surface area contributed by atoms with Crippen LogP contribution in [0.4, 0.5) is 0 Å². The lowest BCUT2D eigenvalue weighted by molar-refractivity contribution is 0.650. The summed E-state index contributed by atoms with van der Waals surface area (Å²) in [5, 5.41) is 0. The largest absolute Gasteiger partial charge is 0.237 e. The van der Waals surface area contributed by atoms with E-state index in [2.05, 4.69) is 23.8 Å². The van der Waals surface area contributed by atoms with Gasteiger partial charge in [0.1, 0.15) is 11.0 Å². The van der Waals surface area contributed by atoms with Crippen molar-refractivity contribution < 1.29 is 4.21 Å². The van der Waals surface area contributed by atoms with E-state index in [4.69, 9.17) is 0 Å². The summed E-state index contributed by atoms with van der Waals surface area (Å²) >= 11 is 0. The van der Waals surface area contributed by atoms with Gasteiger partial charge in [-0.2, -0.15) is 0 Å². The van der Waals surface area contributed by atoms with Crippen molar-refractivity contribution in [3.8, 4) is 0 Å². The van der Waals surface area contributed by atoms with E-state index in [1.807, 2.05) is 50.2 Å². The summed E-state index contributed by atoms with van der Waals surface area (Å²) in [4.78, 5) is 0.850. The average Bonchev–Trinajstić information content (AvgIpc) is 2.39. The van der Waals surface area contributed by atoms with Crippen LogP contribution in [0, 0.1) is 13.8 Å². The molecule has 19 heavy (non-hydrogen) atoms. The van der Waals surface area contributed by atoms with E-state index in [9.17, 15) is 4.21 Å². The van der Waals surface area contributed by atoms with Crippen molar-refractivity contribution in [2.24, 2.45) is 0 Å². The van der Waals surface area contributed by atoms with Crippen LogP contribution in [0.5, 0.6) is 0 Å². The van der Waals surface area contributed by atoms with Crippen molar-refractivity contribution in [1.82, 2.24) is 4.72 Å². The van der Waals surface area contributed by atoms with E-state index in [0.29, 0.717) is 0 Å². The third-order valence-corrected chi connectivity index (χ3v) is 4.66. The van der Waals surface area contributed by atoms with Crippen LogP contribution in [0.25, 0.3) is 0 Å². The first-order valence-electron chi connectivity index (χ1n) is 6.38. The van der Waals surface area contributed by atoms with E-state index >= 15 is 0 Å². The van der Waals surface area contributed by atoms with Crippen molar-refractivity contribution in [2.75, 3.05) is 0 Å². The standard InChI is InChI=1S/C16H19NOS/c1-12-8-4-6-10-15(12)14(3)17-19(18)16-11-7-5-9-13(16)2/h4-11,14,17H,1-3H3. The highest BCUT2D eigenvalue weighted by molar-refractivity contribution is 7.83. The van der Waals surface area contributed by atoms with Crippen molar-refractivity contribution in [3.05, 3.63) is 65.2 Å². The zero-order valence-electron chi connectivity index (χ0n) is 11.5. The van der Waals surface area contributed by atoms with Gasteiger partial charge in [-0.25, -0.2) is 8.93 Å². The SMILES string of the molecule is Cc1ccccc1C(C)NS(=O)c1ccccc1C. The number of aryl methyl sites for hydroxylation is 2. The molecule has 0 aliphatic heterocycles. The summed E-state index contributed by atoms with van der Waals surface area (Å²) in [5.41, 5.74) is 3.44. The highest BCUT2D eigenvalue weighted by atomic mass is 32.2. The van der Waals surface area contributed by atoms with Crippen LogP contribution in [0.3, 0.4) is 0 Å². The Labute approximate surface area is 117 Å². The van der Waals surface area contributed by atoms with Crippen molar-refractivity contribution >= 4 is 11.0 Å². The van der Waals surface area contributed by atoms with Gasteiger partial charge in [-0.3, -0.25) is 0 Å². The Bertz CT molecular complexity index is 595. The van der Waals surface area contributed by atoms with E-state index < -0.39 is 11.0 Å². The lowest BCUT2D eigenvalue weighted by atomic mass is 10.0. The molecule has 0 heterocycles. The van der Waals surface area contributed by atoms with E-state index in [0.717, 1.165) is 10.5 Å². The van der Waals surface area contributed by atoms with Gasteiger partial charge in [-0.05, 0) is 43.5 Å². The number of rotatable bonds is 4. The highest BCUT2D eigenvalue weighted by Crippen LogP contribution is 2.19. The van der Waals surface area contributed by atoms with Crippen molar-refractivity contribution in [2.45, 2.75) is 31.7 Å². The van der Waals surface area contributed by atoms with Gasteiger partial charge in [0.15, 0.2) is 0 Å². The molecule has 0 aliphatic carbocycles. The molecule has 3 heteroatoms. The van der Waals surface area contributed by atoms with Crippen LogP contribution < -0.4 is 4.72 Å². The smallest absolute Gasteiger partial charge is 0.125 e. The summed E-state index contributed by atoms with van der Waals surface area (Å²) in [7, 11) is -1.18. The van der Waals surface area contributed by atoms with Gasteiger partial charge in [-0.15, -0.1) is 0 Å². The van der Waals surface area contributed by atoms with Gasteiger partial charge in [0, 0.05) is 6.04 Å². The van der Waals surface area contributed by atoms with E-state index in [1.54, 1.807) is 0 Å². The maximum atomic E-state index is 12.4. The molecule has 0 amide bonds. The first-order valence-corrected chi connectivity index (χ1v) is 7.53. The van der Waals surface area contributed by atoms with Crippen LogP contribution in [-0.4, -0.2) is 4.21 Å². The molecule has 1 N–H and O–H groups in total. The molecule has 0 radical (unpaired) electrons. The fraction of sp³-hybridized carbons (Fsp3) is 0.250. The maximum Gasteiger partial charge on any atom is 0.125 e. The molecule has 2 nitrogen and oxygen atoms in total. The topological polar surface area (TPSA) is 29.1 Å². The van der Waals surface area contributed by atoms with Gasteiger partial charge in [0.2, 0.25) is 0 Å². The summed E-state index contributed by atoms with van der Waals surface area (Å²) in [6, 6.07) is 16.0. The minimum atomic E-state index is -1.18. The molecule has 2 aromatic rings. The first kappa shape index (κ1) is 14.0. The van der Waals surface area contributed by atoms with Crippen LogP contribution >= 0.6 is 0 Å². The number of hydrogen-bond acceptors (Lipinski definition) is 1. The molecule has 2 aromatic carbocycles. The zero-order valence-corrected chi connectivity index (χ0v) is 12.3. The molecule has 2 rings (SSSR count). The predicted molar refractivity (Wildman–Crippen MR) is 80.3 cm³/mol. The lowest BCUT2D eigenvalue weighted by Crippen LogP contribution is -2.22. The second-order valence-corrected chi connectivity index (χ2v) is 5.94. The molecule has 0 saturated heterocycles. The molecular formula is C16H19NOS. The molecule has 2 unspecified atom stereocenters. The Morgan fingerprint density at radius 1 is 0.947 bits per heavy atom. The molecule has 2 atom stereocenters. The molecule has 0 spiro atoms. The minimum absolute atomic E-state index is 0.0571. The first-order chi connectivity index (χ1) is 9.09. The summed E-state index contributed by atoms with van der Waals surface area (Å²) in [5.74, 6) is 0. The van der Waals surface area contributed by atoms with Crippen molar-refractivity contribution in [3.63, 3.8) is 0 Å². The maximum absolute atomic E-state index is 12.4. The second-order valence-electron chi connectivity index (χ2n) is 4.73. The molecular weight excluding hydrogens is 254 g/mol. The second kappa shape index (κ2) is 6.13. The normalized spacial score (nSPS) is 14.1. The Hall–Kier alpha value is -1.45. The highest BCUT2D eigenvalue weighted by Gasteiger charge is 2.13. The number of benzene rings is 2. The predicted octanol–water partition coefficient (Wildman–Crippen LogP) is 3.68. The third kappa shape index (κ3) is 3.31. The van der Waals surface area contributed by atoms with Crippen LogP contribution in [-0.2, 0) is 11.0 Å². The lowest BCUT2D eigenvalue weighted by Gasteiger charge is -2.16. The van der Waals surface area contributed by atoms with Crippen molar-refractivity contribution in [1.29, 1.82) is 0 Å². The molecule has 100 valence electrons. The minimum Gasteiger partial charge on any atom is -0.237 e. The number of nitrogens with one attached hydrogen (secondary N) is 1. The fourth-order valence-corrected chi connectivity index (χ4v) is 3.26. The molecule has 0 bridgehead atoms. The van der Waals surface area contributed by atoms with E-state index in [1.165, 1.54) is 11.1 Å². The van der Waals surface area contributed by atoms with Gasteiger partial charge in [0.05, 0.1) is 4.90 Å². The van der Waals surface area contributed by atoms with Gasteiger partial charge >= 0.3 is 0 Å². The number of hydrogen-bond donors (Lipinski definition) is 1. The van der Waals surface area contributed by atoms with E-state index in [-0.39, 0.29) is 6.04 Å². The average molecular weight is 273 g/mol. The van der Waals surface area contributed by atoms with Crippen LogP contribution in [0.2, 0.25) is 0 Å². The Morgan fingerprint density at radius 2 is 1.53 bits per heavy atom. The molecule has 0 aromatic heterocycles. The third-order valence-electron chi connectivity index (χ3n) is 3.23. The zero-order chi connectivity index (χ0) is 13.8. The monoisotopic (exact) mass is 273 g/mol. The molecule has 0 fully saturated rings. The fourth-order valence-electron chi connectivity index (χ4n) is 2.12. The Morgan fingerprint density at radius 3 is 2.16 bits per heavy atom. The van der Waals surface area contributed by atoms with Crippen LogP contribution in [0.15, 0.2) is 53.4 Å². The van der Waals surface area contributed by atoms with Gasteiger partial charge in [0.25, 0.3) is 0 Å². The molecule has 0 aliphatic rings. The molecule has 0 saturated carbocycles. The Balaban J connectivity index is 2.16. The summed E-state index contributed by atoms with van der Waals surface area (Å²) in [6.45, 7) is 6.09. The Kier molecular flexibility index (Phi) is 4.51. The summed E-state index contributed by atoms with van der Waals surface area (Å²) in [6.07, 6.45) is 0. The van der Waals surface area contributed by atoms with Crippen LogP contribution in [0.1, 0.15) is 29.7 Å².